The summed E-state index contributed by atoms with van der Waals surface area (Å²) in [4.78, 5) is 26.6. The summed E-state index contributed by atoms with van der Waals surface area (Å²) in [7, 11) is 0. The lowest BCUT2D eigenvalue weighted by atomic mass is 9.44. The molecule has 8 saturated carbocycles. The van der Waals surface area contributed by atoms with Gasteiger partial charge in [0.15, 0.2) is 6.10 Å². The van der Waals surface area contributed by atoms with E-state index in [1.807, 2.05) is 0 Å². The molecule has 0 aromatic rings. The molecule has 0 amide bonds. The van der Waals surface area contributed by atoms with Crippen LogP contribution in [0.5, 0.6) is 0 Å². The molecule has 436 valence electrons. The number of hydrogen-bond acceptors (Lipinski definition) is 10. The van der Waals surface area contributed by atoms with E-state index in [0.717, 1.165) is 126 Å². The Hall–Kier alpha value is -1.94. The third kappa shape index (κ3) is 10.4. The van der Waals surface area contributed by atoms with Crippen LogP contribution in [-0.2, 0) is 23.8 Å². The van der Waals surface area contributed by atoms with E-state index in [1.54, 1.807) is 6.92 Å². The third-order valence-electron chi connectivity index (χ3n) is 25.9. The second-order valence-electron chi connectivity index (χ2n) is 29.1. The first-order chi connectivity index (χ1) is 36.8. The number of likely N-dealkylation sites (tertiary alicyclic amines) is 2. The van der Waals surface area contributed by atoms with Crippen LogP contribution >= 0.6 is 0 Å². The predicted octanol–water partition coefficient (Wildman–Crippen LogP) is 8.34. The molecule has 77 heavy (non-hydrogen) atoms. The van der Waals surface area contributed by atoms with E-state index >= 15 is 0 Å². The molecule has 0 bridgehead atoms. The number of ether oxygens (including phenoxy) is 3. The highest BCUT2D eigenvalue weighted by molar-refractivity contribution is 5.66. The maximum atomic E-state index is 12.5. The van der Waals surface area contributed by atoms with Crippen molar-refractivity contribution in [2.75, 3.05) is 91.9 Å². The van der Waals surface area contributed by atoms with Crippen molar-refractivity contribution in [2.24, 2.45) is 69.0 Å². The molecule has 0 aromatic carbocycles. The van der Waals surface area contributed by atoms with Crippen LogP contribution in [0.3, 0.4) is 0 Å². The monoisotopic (exact) mass is 1080 g/mol. The summed E-state index contributed by atoms with van der Waals surface area (Å²) in [5, 5.41) is 41.8. The van der Waals surface area contributed by atoms with Gasteiger partial charge in [-0.3, -0.25) is 19.4 Å². The van der Waals surface area contributed by atoms with Crippen LogP contribution in [0.1, 0.15) is 157 Å². The van der Waals surface area contributed by atoms with Crippen LogP contribution in [0.15, 0.2) is 25.3 Å². The molecule has 4 N–H and O–H groups in total. The van der Waals surface area contributed by atoms with Crippen LogP contribution < -0.4 is 0 Å². The average Bonchev–Trinajstić information content (AvgIpc) is 4.24. The number of rotatable bonds is 9. The van der Waals surface area contributed by atoms with Crippen LogP contribution in [0, 0.1) is 69.0 Å². The first-order valence-corrected chi connectivity index (χ1v) is 31.8. The van der Waals surface area contributed by atoms with Crippen molar-refractivity contribution < 1.29 is 53.2 Å². The maximum absolute atomic E-state index is 12.5. The number of aliphatic hydroxyl groups is 3. The van der Waals surface area contributed by atoms with E-state index in [-0.39, 0.29) is 52.7 Å². The summed E-state index contributed by atoms with van der Waals surface area (Å²) in [5.74, 6) is 4.48. The van der Waals surface area contributed by atoms with Crippen LogP contribution in [0.2, 0.25) is 0 Å². The van der Waals surface area contributed by atoms with E-state index in [0.29, 0.717) is 59.0 Å². The molecule has 0 unspecified atom stereocenters. The fraction of sp³-hybridized carbons (Fsp3) is 0.906. The highest BCUT2D eigenvalue weighted by Gasteiger charge is 2.69. The highest BCUT2D eigenvalue weighted by Crippen LogP contribution is 2.69. The molecular weight excluding hydrogens is 969 g/mol. The van der Waals surface area contributed by atoms with Gasteiger partial charge < -0.3 is 43.6 Å². The maximum Gasteiger partial charge on any atom is 0.303 e. The summed E-state index contributed by atoms with van der Waals surface area (Å²) in [6.45, 7) is 35.0. The molecular formula is C64H108N4O9+2. The Morgan fingerprint density at radius 1 is 0.584 bits per heavy atom. The van der Waals surface area contributed by atoms with Gasteiger partial charge in [0.2, 0.25) is 0 Å². The van der Waals surface area contributed by atoms with Gasteiger partial charge in [0.25, 0.3) is 5.97 Å². The largest absolute Gasteiger partial charge is 0.481 e. The number of hydrogen-bond donors (Lipinski definition) is 4. The van der Waals surface area contributed by atoms with Gasteiger partial charge in [0.1, 0.15) is 18.2 Å². The van der Waals surface area contributed by atoms with Crippen LogP contribution in [0.25, 0.3) is 0 Å². The third-order valence-corrected chi connectivity index (χ3v) is 25.9. The van der Waals surface area contributed by atoms with Crippen molar-refractivity contribution in [3.63, 3.8) is 0 Å². The van der Waals surface area contributed by atoms with E-state index in [4.69, 9.17) is 24.1 Å². The minimum absolute atomic E-state index is 0.0174. The average molecular weight is 1080 g/mol. The zero-order valence-electron chi connectivity index (χ0n) is 49.1. The van der Waals surface area contributed by atoms with E-state index in [2.05, 4.69) is 62.8 Å². The molecule has 4 aliphatic heterocycles. The van der Waals surface area contributed by atoms with Gasteiger partial charge >= 0.3 is 5.97 Å². The fourth-order valence-electron chi connectivity index (χ4n) is 22.2. The molecule has 12 aliphatic rings. The molecule has 12 rings (SSSR count). The number of esters is 1. The topological polar surface area (TPSA) is 149 Å². The lowest BCUT2D eigenvalue weighted by molar-refractivity contribution is -0.938. The van der Waals surface area contributed by atoms with Crippen LogP contribution in [0.4, 0.5) is 0 Å². The molecule has 8 aliphatic carbocycles. The molecule has 0 radical (unpaired) electrons. The molecule has 0 spiro atoms. The Morgan fingerprint density at radius 2 is 0.987 bits per heavy atom. The quantitative estimate of drug-likeness (QED) is 0.100. The Labute approximate surface area is 465 Å². The second-order valence-corrected chi connectivity index (χ2v) is 29.1. The number of fused-ring (bicyclic) bond motifs is 10. The number of morpholine rings is 2. The molecule has 0 aromatic heterocycles. The molecule has 4 heterocycles. The van der Waals surface area contributed by atoms with E-state index < -0.39 is 5.97 Å². The summed E-state index contributed by atoms with van der Waals surface area (Å²) < 4.78 is 19.8. The first kappa shape index (κ1) is 58.3. The van der Waals surface area contributed by atoms with E-state index in [9.17, 15) is 20.1 Å². The molecule has 12 fully saturated rings. The Kier molecular flexibility index (Phi) is 17.4. The van der Waals surface area contributed by atoms with Gasteiger partial charge in [0, 0.05) is 101 Å². The number of aliphatic hydroxyl groups excluding tert-OH is 3. The Bertz CT molecular complexity index is 2070. The van der Waals surface area contributed by atoms with Crippen molar-refractivity contribution in [3.8, 4) is 0 Å². The fourth-order valence-corrected chi connectivity index (χ4v) is 22.2. The molecule has 13 nitrogen and oxygen atoms in total. The van der Waals surface area contributed by atoms with Gasteiger partial charge in [-0.25, -0.2) is 0 Å². The Morgan fingerprint density at radius 3 is 1.42 bits per heavy atom. The van der Waals surface area contributed by atoms with Gasteiger partial charge in [-0.2, -0.15) is 0 Å². The van der Waals surface area contributed by atoms with Crippen molar-refractivity contribution in [1.82, 2.24) is 9.80 Å². The summed E-state index contributed by atoms with van der Waals surface area (Å²) >= 11 is 0. The van der Waals surface area contributed by atoms with Crippen molar-refractivity contribution in [3.05, 3.63) is 25.3 Å². The smallest absolute Gasteiger partial charge is 0.303 e. The van der Waals surface area contributed by atoms with Crippen molar-refractivity contribution in [1.29, 1.82) is 0 Å². The van der Waals surface area contributed by atoms with Gasteiger partial charge in [0.05, 0.1) is 77.9 Å². The van der Waals surface area contributed by atoms with Crippen molar-refractivity contribution in [2.45, 2.75) is 206 Å². The van der Waals surface area contributed by atoms with Crippen molar-refractivity contribution >= 4 is 11.9 Å². The molecule has 20 atom stereocenters. The summed E-state index contributed by atoms with van der Waals surface area (Å²) in [5.41, 5.74) is 0.730. The number of nitrogens with zero attached hydrogens (tertiary/aromatic N) is 4. The van der Waals surface area contributed by atoms with Gasteiger partial charge in [-0.05, 0) is 147 Å². The number of aliphatic carboxylic acids is 1. The lowest BCUT2D eigenvalue weighted by Gasteiger charge is -2.62. The molecule has 13 heteroatoms. The summed E-state index contributed by atoms with van der Waals surface area (Å²) in [6, 6.07) is 1.35. The predicted molar refractivity (Wildman–Crippen MR) is 300 cm³/mol. The highest BCUT2D eigenvalue weighted by atomic mass is 16.5. The number of carbonyl (C=O) groups is 2. The normalized spacial score (nSPS) is 47.9. The standard InChI is InChI=1S/C32H53N2O4.C30H51N2O3.C2H4O2/c1-5-14-34(15-6-7-16-34)28-20-26-24-9-8-23-19-29(36)27(33-12-17-37-18-13-33)21-32(23,4)25(24)10-11-31(26,3)30(28)38-22(2)35;1-4-13-32(14-5-6-15-32)26-19-24-22-8-7-21-18-27(33)25(31-11-16-35-17-12-31)20-30(21,3)23(22)9-10-29(24,2)28(26)34;1-2(3)4/h5,23-30,36H,1,6-21H2,2-4H3;4,21-28,33-34H,1,5-20H2,2-3H3;1H3,(H,3,4)/q2*+1;/t23-,24+,25-,26-,27-,28-,29-,30-,31-,32-;21-,22+,23-,24-,25-,26-,27-,28-,29-,30-;/m00./s1. The minimum Gasteiger partial charge on any atom is -0.481 e. The second kappa shape index (κ2) is 23.0. The molecule has 4 saturated heterocycles. The van der Waals surface area contributed by atoms with E-state index in [1.165, 1.54) is 110 Å². The van der Waals surface area contributed by atoms with Gasteiger partial charge in [-0.1, -0.05) is 40.9 Å². The zero-order valence-corrected chi connectivity index (χ0v) is 49.1. The van der Waals surface area contributed by atoms with Gasteiger partial charge in [-0.15, -0.1) is 0 Å². The summed E-state index contributed by atoms with van der Waals surface area (Å²) in [6.07, 6.45) is 25.4. The lowest BCUT2D eigenvalue weighted by Crippen LogP contribution is -2.61. The minimum atomic E-state index is -0.833. The number of carboxylic acids is 1. The number of carboxylic acid groups (broad SMARTS) is 1. The number of quaternary nitrogens is 2. The zero-order chi connectivity index (χ0) is 54.7. The number of carbonyl (C=O) groups excluding carboxylic acids is 1. The van der Waals surface area contributed by atoms with Crippen LogP contribution in [-0.4, -0.2) is 192 Å². The first-order valence-electron chi connectivity index (χ1n) is 31.8. The SMILES string of the molecule is C=CC[N+]1([C@H]2C[C@H]3[C@@H]4CC[C@H]5C[C@H](O)[C@@H](N6CCOCC6)C[C@]5(C)[C@H]4CC[C@]3(C)[C@H]2O)CCCC1.C=CC[N+]1([C@H]2C[C@H]3[C@@H]4CC[C@H]5C[C@H](O)[C@@H](N6CCOCC6)C[C@]5(C)[C@H]4CC[C@]3(C)[C@H]2OC(C)=O)CCCC1.CC(=O)O. The Balaban J connectivity index is 0.000000164.